The van der Waals surface area contributed by atoms with E-state index in [4.69, 9.17) is 15.2 Å². The summed E-state index contributed by atoms with van der Waals surface area (Å²) in [6.07, 6.45) is 0. The molecule has 0 amide bonds. The summed E-state index contributed by atoms with van der Waals surface area (Å²) in [6, 6.07) is 13.5. The van der Waals surface area contributed by atoms with Crippen molar-refractivity contribution in [3.63, 3.8) is 0 Å². The van der Waals surface area contributed by atoms with Crippen LogP contribution in [0.2, 0.25) is 0 Å². The van der Waals surface area contributed by atoms with E-state index in [0.29, 0.717) is 5.69 Å². The van der Waals surface area contributed by atoms with E-state index >= 15 is 0 Å². The molecular weight excluding hydrogens is 240 g/mol. The third-order valence-corrected chi connectivity index (χ3v) is 2.98. The van der Waals surface area contributed by atoms with Gasteiger partial charge in [0.1, 0.15) is 11.5 Å². The molecule has 0 radical (unpaired) electrons. The summed E-state index contributed by atoms with van der Waals surface area (Å²) >= 11 is 0. The predicted octanol–water partition coefficient (Wildman–Crippen LogP) is 3.05. The van der Waals surface area contributed by atoms with Crippen molar-refractivity contribution in [1.29, 1.82) is 0 Å². The average molecular weight is 258 g/mol. The van der Waals surface area contributed by atoms with Crippen molar-refractivity contribution in [3.8, 4) is 11.5 Å². The number of ether oxygens (including phenoxy) is 2. The highest BCUT2D eigenvalue weighted by molar-refractivity contribution is 5.72. The van der Waals surface area contributed by atoms with E-state index in [0.717, 1.165) is 22.9 Å². The van der Waals surface area contributed by atoms with E-state index in [1.807, 2.05) is 48.3 Å². The molecule has 0 aliphatic carbocycles. The summed E-state index contributed by atoms with van der Waals surface area (Å²) in [4.78, 5) is 2.01. The molecule has 2 aromatic rings. The Balaban J connectivity index is 2.43. The first-order chi connectivity index (χ1) is 9.15. The van der Waals surface area contributed by atoms with Gasteiger partial charge in [-0.15, -0.1) is 0 Å². The Labute approximate surface area is 113 Å². The SMILES string of the molecule is COc1cc(N)cc(N(C)c2ccccc2OC)c1. The Morgan fingerprint density at radius 2 is 1.74 bits per heavy atom. The Morgan fingerprint density at radius 3 is 2.42 bits per heavy atom. The number of nitrogens with two attached hydrogens (primary N) is 1. The summed E-state index contributed by atoms with van der Waals surface area (Å²) < 4.78 is 10.6. The first kappa shape index (κ1) is 13.1. The van der Waals surface area contributed by atoms with Gasteiger partial charge in [-0.2, -0.15) is 0 Å². The monoisotopic (exact) mass is 258 g/mol. The van der Waals surface area contributed by atoms with Crippen molar-refractivity contribution in [1.82, 2.24) is 0 Å². The lowest BCUT2D eigenvalue weighted by Crippen LogP contribution is -2.11. The second-order valence-electron chi connectivity index (χ2n) is 4.20. The minimum Gasteiger partial charge on any atom is -0.497 e. The van der Waals surface area contributed by atoms with Crippen molar-refractivity contribution >= 4 is 17.1 Å². The quantitative estimate of drug-likeness (QED) is 0.856. The van der Waals surface area contributed by atoms with Gasteiger partial charge in [0.05, 0.1) is 19.9 Å². The van der Waals surface area contributed by atoms with Gasteiger partial charge < -0.3 is 20.1 Å². The number of anilines is 3. The van der Waals surface area contributed by atoms with Gasteiger partial charge in [-0.05, 0) is 18.2 Å². The van der Waals surface area contributed by atoms with Crippen LogP contribution in [0.15, 0.2) is 42.5 Å². The second-order valence-corrected chi connectivity index (χ2v) is 4.20. The molecule has 0 atom stereocenters. The van der Waals surface area contributed by atoms with E-state index in [1.165, 1.54) is 0 Å². The molecule has 0 aliphatic rings. The highest BCUT2D eigenvalue weighted by Crippen LogP contribution is 2.34. The Bertz CT molecular complexity index is 570. The first-order valence-electron chi connectivity index (χ1n) is 5.97. The third kappa shape index (κ3) is 2.73. The zero-order valence-electron chi connectivity index (χ0n) is 11.4. The number of benzene rings is 2. The van der Waals surface area contributed by atoms with Crippen LogP contribution in [0.25, 0.3) is 0 Å². The molecule has 0 saturated carbocycles. The van der Waals surface area contributed by atoms with E-state index in [9.17, 15) is 0 Å². The molecule has 0 bridgehead atoms. The van der Waals surface area contributed by atoms with Gasteiger partial charge >= 0.3 is 0 Å². The van der Waals surface area contributed by atoms with E-state index < -0.39 is 0 Å². The normalized spacial score (nSPS) is 10.1. The Kier molecular flexibility index (Phi) is 3.80. The predicted molar refractivity (Wildman–Crippen MR) is 78.5 cm³/mol. The molecule has 0 aromatic heterocycles. The number of nitrogen functional groups attached to an aromatic ring is 1. The highest BCUT2D eigenvalue weighted by atomic mass is 16.5. The molecule has 2 aromatic carbocycles. The van der Waals surface area contributed by atoms with Crippen LogP contribution in [-0.4, -0.2) is 21.3 Å². The number of para-hydroxylation sites is 2. The molecule has 19 heavy (non-hydrogen) atoms. The lowest BCUT2D eigenvalue weighted by atomic mass is 10.2. The zero-order chi connectivity index (χ0) is 13.8. The van der Waals surface area contributed by atoms with E-state index in [2.05, 4.69) is 0 Å². The lowest BCUT2D eigenvalue weighted by Gasteiger charge is -2.22. The molecule has 0 unspecified atom stereocenters. The van der Waals surface area contributed by atoms with Crippen LogP contribution in [0.5, 0.6) is 11.5 Å². The smallest absolute Gasteiger partial charge is 0.142 e. The van der Waals surface area contributed by atoms with Crippen LogP contribution in [0, 0.1) is 0 Å². The van der Waals surface area contributed by atoms with Gasteiger partial charge in [-0.1, -0.05) is 12.1 Å². The van der Waals surface area contributed by atoms with Gasteiger partial charge in [0.2, 0.25) is 0 Å². The third-order valence-electron chi connectivity index (χ3n) is 2.98. The number of hydrogen-bond donors (Lipinski definition) is 1. The number of rotatable bonds is 4. The van der Waals surface area contributed by atoms with Crippen LogP contribution in [-0.2, 0) is 0 Å². The summed E-state index contributed by atoms with van der Waals surface area (Å²) in [5, 5.41) is 0. The van der Waals surface area contributed by atoms with Gasteiger partial charge in [-0.25, -0.2) is 0 Å². The molecule has 2 N–H and O–H groups in total. The van der Waals surface area contributed by atoms with Gasteiger partial charge in [0.25, 0.3) is 0 Å². The Hall–Kier alpha value is -2.36. The van der Waals surface area contributed by atoms with E-state index in [1.54, 1.807) is 20.3 Å². The molecule has 0 heterocycles. The fourth-order valence-electron chi connectivity index (χ4n) is 1.96. The maximum atomic E-state index is 5.88. The molecule has 0 fully saturated rings. The molecule has 2 rings (SSSR count). The minimum atomic E-state index is 0.663. The van der Waals surface area contributed by atoms with Crippen LogP contribution in [0.4, 0.5) is 17.1 Å². The zero-order valence-corrected chi connectivity index (χ0v) is 11.4. The van der Waals surface area contributed by atoms with Gasteiger partial charge in [-0.3, -0.25) is 0 Å². The fraction of sp³-hybridized carbons (Fsp3) is 0.200. The lowest BCUT2D eigenvalue weighted by molar-refractivity contribution is 0.414. The first-order valence-corrected chi connectivity index (χ1v) is 5.97. The maximum Gasteiger partial charge on any atom is 0.142 e. The Morgan fingerprint density at radius 1 is 1.00 bits per heavy atom. The van der Waals surface area contributed by atoms with E-state index in [-0.39, 0.29) is 0 Å². The van der Waals surface area contributed by atoms with Crippen molar-refractivity contribution in [2.24, 2.45) is 0 Å². The highest BCUT2D eigenvalue weighted by Gasteiger charge is 2.10. The summed E-state index contributed by atoms with van der Waals surface area (Å²) in [7, 11) is 5.25. The molecule has 0 aliphatic heterocycles. The fourth-order valence-corrected chi connectivity index (χ4v) is 1.96. The summed E-state index contributed by atoms with van der Waals surface area (Å²) in [5.41, 5.74) is 8.46. The number of methoxy groups -OCH3 is 2. The molecule has 0 spiro atoms. The number of nitrogens with zero attached hydrogens (tertiary/aromatic N) is 1. The molecular formula is C15H18N2O2. The maximum absolute atomic E-state index is 5.88. The van der Waals surface area contributed by atoms with Crippen LogP contribution < -0.4 is 20.1 Å². The van der Waals surface area contributed by atoms with Crippen molar-refractivity contribution < 1.29 is 9.47 Å². The molecule has 4 heteroatoms. The molecule has 100 valence electrons. The number of hydrogen-bond acceptors (Lipinski definition) is 4. The molecule has 0 saturated heterocycles. The minimum absolute atomic E-state index is 0.663. The average Bonchev–Trinajstić information content (AvgIpc) is 2.45. The molecule has 4 nitrogen and oxygen atoms in total. The van der Waals surface area contributed by atoms with Crippen LogP contribution >= 0.6 is 0 Å². The van der Waals surface area contributed by atoms with Gasteiger partial charge in [0, 0.05) is 30.6 Å². The summed E-state index contributed by atoms with van der Waals surface area (Å²) in [5.74, 6) is 1.54. The summed E-state index contributed by atoms with van der Waals surface area (Å²) in [6.45, 7) is 0. The second kappa shape index (κ2) is 5.52. The van der Waals surface area contributed by atoms with Crippen molar-refractivity contribution in [2.45, 2.75) is 0 Å². The topological polar surface area (TPSA) is 47.7 Å². The van der Waals surface area contributed by atoms with Crippen molar-refractivity contribution in [3.05, 3.63) is 42.5 Å². The van der Waals surface area contributed by atoms with Gasteiger partial charge in [0.15, 0.2) is 0 Å². The van der Waals surface area contributed by atoms with Crippen LogP contribution in [0.3, 0.4) is 0 Å². The van der Waals surface area contributed by atoms with Crippen LogP contribution in [0.1, 0.15) is 0 Å². The van der Waals surface area contributed by atoms with Crippen molar-refractivity contribution in [2.75, 3.05) is 31.9 Å². The standard InChI is InChI=1S/C15H18N2O2/c1-17(14-6-4-5-7-15(14)19-3)12-8-11(16)9-13(10-12)18-2/h4-10H,16H2,1-3H3. The largest absolute Gasteiger partial charge is 0.497 e.